The normalized spacial score (nSPS) is 10.1. The van der Waals surface area contributed by atoms with Gasteiger partial charge >= 0.3 is 11.9 Å². The third-order valence-electron chi connectivity index (χ3n) is 3.38. The van der Waals surface area contributed by atoms with Crippen molar-refractivity contribution in [2.75, 3.05) is 13.2 Å². The number of hydrogen-bond donors (Lipinski definition) is 0. The van der Waals surface area contributed by atoms with Crippen LogP contribution in [-0.4, -0.2) is 25.2 Å². The van der Waals surface area contributed by atoms with Crippen molar-refractivity contribution in [2.24, 2.45) is 0 Å². The van der Waals surface area contributed by atoms with Crippen molar-refractivity contribution in [1.29, 1.82) is 0 Å². The number of benzene rings is 2. The van der Waals surface area contributed by atoms with Gasteiger partial charge in [-0.15, -0.1) is 0 Å². The van der Waals surface area contributed by atoms with E-state index in [1.54, 1.807) is 48.5 Å². The van der Waals surface area contributed by atoms with Crippen LogP contribution in [0.1, 0.15) is 25.0 Å². The summed E-state index contributed by atoms with van der Waals surface area (Å²) in [5.41, 5.74) is 1.50. The Labute approximate surface area is 152 Å². The summed E-state index contributed by atoms with van der Waals surface area (Å²) < 4.78 is 20.6. The summed E-state index contributed by atoms with van der Waals surface area (Å²) in [6.45, 7) is 4.93. The first kappa shape index (κ1) is 19.3. The largest absolute Gasteiger partial charge is 0.494 e. The van der Waals surface area contributed by atoms with Crippen LogP contribution >= 0.6 is 0 Å². The van der Waals surface area contributed by atoms with E-state index in [-0.39, 0.29) is 13.2 Å². The van der Waals surface area contributed by atoms with E-state index in [9.17, 15) is 9.59 Å². The van der Waals surface area contributed by atoms with Crippen LogP contribution in [0.25, 0.3) is 0 Å². The van der Waals surface area contributed by atoms with Gasteiger partial charge in [-0.1, -0.05) is 24.3 Å². The maximum Gasteiger partial charge on any atom is 0.417 e. The van der Waals surface area contributed by atoms with Gasteiger partial charge in [0.25, 0.3) is 0 Å². The summed E-state index contributed by atoms with van der Waals surface area (Å²) in [4.78, 5) is 23.4. The number of ether oxygens (including phenoxy) is 4. The molecule has 0 radical (unpaired) electrons. The minimum absolute atomic E-state index is 0.0105. The summed E-state index contributed by atoms with van der Waals surface area (Å²) >= 11 is 0. The fraction of sp³-hybridized carbons (Fsp3) is 0.300. The molecule has 0 heterocycles. The highest BCUT2D eigenvalue weighted by atomic mass is 16.6. The van der Waals surface area contributed by atoms with Crippen LogP contribution in [0.3, 0.4) is 0 Å². The summed E-state index contributed by atoms with van der Waals surface area (Å²) in [7, 11) is 0. The quantitative estimate of drug-likeness (QED) is 0.533. The van der Waals surface area contributed by atoms with Crippen LogP contribution in [-0.2, 0) is 32.3 Å². The molecule has 0 aliphatic rings. The predicted octanol–water partition coefficient (Wildman–Crippen LogP) is 3.27. The Kier molecular flexibility index (Phi) is 7.49. The van der Waals surface area contributed by atoms with E-state index in [1.165, 1.54) is 0 Å². The first-order valence-corrected chi connectivity index (χ1v) is 8.39. The highest BCUT2D eigenvalue weighted by molar-refractivity contribution is 6.29. The molecule has 0 N–H and O–H groups in total. The smallest absolute Gasteiger partial charge is 0.417 e. The van der Waals surface area contributed by atoms with E-state index in [2.05, 4.69) is 0 Å². The van der Waals surface area contributed by atoms with Gasteiger partial charge in [-0.05, 0) is 49.2 Å². The minimum Gasteiger partial charge on any atom is -0.494 e. The Morgan fingerprint density at radius 2 is 1.00 bits per heavy atom. The molecule has 138 valence electrons. The third kappa shape index (κ3) is 6.12. The molecule has 0 atom stereocenters. The molecular formula is C20H22O6. The van der Waals surface area contributed by atoms with E-state index in [0.717, 1.165) is 22.6 Å². The Balaban J connectivity index is 1.75. The topological polar surface area (TPSA) is 71.1 Å². The number of carbonyl (C=O) groups is 2. The number of hydrogen-bond acceptors (Lipinski definition) is 6. The van der Waals surface area contributed by atoms with Crippen LogP contribution < -0.4 is 9.47 Å². The maximum absolute atomic E-state index is 11.7. The van der Waals surface area contributed by atoms with Crippen LogP contribution in [0.5, 0.6) is 11.5 Å². The van der Waals surface area contributed by atoms with Crippen LogP contribution in [0.4, 0.5) is 0 Å². The second kappa shape index (κ2) is 10.1. The minimum atomic E-state index is -1.02. The average Bonchev–Trinajstić information content (AvgIpc) is 2.67. The zero-order valence-corrected chi connectivity index (χ0v) is 14.9. The first-order valence-electron chi connectivity index (χ1n) is 8.39. The van der Waals surface area contributed by atoms with Gasteiger partial charge in [0.1, 0.15) is 24.7 Å². The number of esters is 2. The maximum atomic E-state index is 11.7. The lowest BCUT2D eigenvalue weighted by molar-refractivity contribution is -0.169. The van der Waals surface area contributed by atoms with Crippen LogP contribution in [0.2, 0.25) is 0 Å². The Hall–Kier alpha value is -3.02. The highest BCUT2D eigenvalue weighted by Gasteiger charge is 2.17. The molecule has 0 fully saturated rings. The average molecular weight is 358 g/mol. The molecule has 0 aliphatic carbocycles. The van der Waals surface area contributed by atoms with Crippen molar-refractivity contribution >= 4 is 11.9 Å². The van der Waals surface area contributed by atoms with E-state index >= 15 is 0 Å². The molecule has 0 saturated heterocycles. The zero-order chi connectivity index (χ0) is 18.8. The molecule has 26 heavy (non-hydrogen) atoms. The molecule has 0 aromatic heterocycles. The molecule has 6 heteroatoms. The van der Waals surface area contributed by atoms with Crippen molar-refractivity contribution in [3.63, 3.8) is 0 Å². The fourth-order valence-electron chi connectivity index (χ4n) is 2.11. The van der Waals surface area contributed by atoms with Gasteiger partial charge < -0.3 is 18.9 Å². The Morgan fingerprint density at radius 1 is 0.654 bits per heavy atom. The standard InChI is InChI=1S/C20H22O6/c1-3-23-17-9-5-15(6-10-17)13-25-19(21)20(22)26-14-16-7-11-18(12-8-16)24-4-2/h5-12H,3-4,13-14H2,1-2H3. The molecule has 0 spiro atoms. The highest BCUT2D eigenvalue weighted by Crippen LogP contribution is 2.14. The molecule has 0 bridgehead atoms. The summed E-state index contributed by atoms with van der Waals surface area (Å²) in [5.74, 6) is -0.579. The first-order chi connectivity index (χ1) is 12.6. The summed E-state index contributed by atoms with van der Waals surface area (Å²) in [6.07, 6.45) is 0. The van der Waals surface area contributed by atoms with E-state index in [1.807, 2.05) is 13.8 Å². The fourth-order valence-corrected chi connectivity index (χ4v) is 2.11. The molecule has 0 unspecified atom stereocenters. The zero-order valence-electron chi connectivity index (χ0n) is 14.9. The van der Waals surface area contributed by atoms with Gasteiger partial charge in [0.05, 0.1) is 13.2 Å². The molecule has 0 amide bonds. The SMILES string of the molecule is CCOc1ccc(COC(=O)C(=O)OCc2ccc(OCC)cc2)cc1. The van der Waals surface area contributed by atoms with Crippen molar-refractivity contribution < 1.29 is 28.5 Å². The molecule has 0 aliphatic heterocycles. The van der Waals surface area contributed by atoms with E-state index in [4.69, 9.17) is 18.9 Å². The van der Waals surface area contributed by atoms with Crippen molar-refractivity contribution in [1.82, 2.24) is 0 Å². The third-order valence-corrected chi connectivity index (χ3v) is 3.38. The van der Waals surface area contributed by atoms with Crippen LogP contribution in [0.15, 0.2) is 48.5 Å². The van der Waals surface area contributed by atoms with Gasteiger partial charge in [-0.25, -0.2) is 9.59 Å². The van der Waals surface area contributed by atoms with Crippen molar-refractivity contribution in [2.45, 2.75) is 27.1 Å². The second-order valence-electron chi connectivity index (χ2n) is 5.31. The lowest BCUT2D eigenvalue weighted by Gasteiger charge is -2.08. The molecule has 2 aromatic carbocycles. The van der Waals surface area contributed by atoms with Gasteiger partial charge in [-0.2, -0.15) is 0 Å². The lowest BCUT2D eigenvalue weighted by atomic mass is 10.2. The predicted molar refractivity (Wildman–Crippen MR) is 94.8 cm³/mol. The molecular weight excluding hydrogens is 336 g/mol. The lowest BCUT2D eigenvalue weighted by Crippen LogP contribution is -2.20. The second-order valence-corrected chi connectivity index (χ2v) is 5.31. The van der Waals surface area contributed by atoms with Gasteiger partial charge in [0.15, 0.2) is 0 Å². The molecule has 2 aromatic rings. The van der Waals surface area contributed by atoms with E-state index < -0.39 is 11.9 Å². The van der Waals surface area contributed by atoms with Gasteiger partial charge in [0, 0.05) is 0 Å². The molecule has 0 saturated carbocycles. The number of rotatable bonds is 8. The number of carbonyl (C=O) groups excluding carboxylic acids is 2. The Morgan fingerprint density at radius 3 is 1.31 bits per heavy atom. The van der Waals surface area contributed by atoms with Crippen LogP contribution in [0, 0.1) is 0 Å². The van der Waals surface area contributed by atoms with Gasteiger partial charge in [-0.3, -0.25) is 0 Å². The van der Waals surface area contributed by atoms with E-state index in [0.29, 0.717) is 13.2 Å². The molecule has 6 nitrogen and oxygen atoms in total. The molecule has 2 rings (SSSR count). The van der Waals surface area contributed by atoms with Crippen molar-refractivity contribution in [3.05, 3.63) is 59.7 Å². The monoisotopic (exact) mass is 358 g/mol. The van der Waals surface area contributed by atoms with Gasteiger partial charge in [0.2, 0.25) is 0 Å². The van der Waals surface area contributed by atoms with Crippen molar-refractivity contribution in [3.8, 4) is 11.5 Å². The Bertz CT molecular complexity index is 643. The summed E-state index contributed by atoms with van der Waals surface area (Å²) in [6, 6.07) is 14.2. The summed E-state index contributed by atoms with van der Waals surface area (Å²) in [5, 5.41) is 0.